The van der Waals surface area contributed by atoms with Crippen molar-refractivity contribution in [3.8, 4) is 0 Å². The number of aryl methyl sites for hydroxylation is 1. The molecule has 4 rings (SSSR count). The zero-order valence-corrected chi connectivity index (χ0v) is 16.8. The van der Waals surface area contributed by atoms with Crippen LogP contribution >= 0.6 is 0 Å². The highest BCUT2D eigenvalue weighted by Crippen LogP contribution is 2.41. The van der Waals surface area contributed by atoms with Gasteiger partial charge in [-0.1, -0.05) is 36.4 Å². The molecule has 2 bridgehead atoms. The number of ether oxygens (including phenoxy) is 1. The van der Waals surface area contributed by atoms with Gasteiger partial charge in [0.15, 0.2) is 0 Å². The number of halogens is 1. The van der Waals surface area contributed by atoms with E-state index in [1.165, 1.54) is 12.1 Å². The van der Waals surface area contributed by atoms with Crippen LogP contribution in [0.1, 0.15) is 48.8 Å². The molecule has 1 amide bonds. The number of fused-ring (bicyclic) bond motifs is 2. The Morgan fingerprint density at radius 1 is 1.17 bits per heavy atom. The van der Waals surface area contributed by atoms with Crippen molar-refractivity contribution in [3.63, 3.8) is 0 Å². The molecule has 29 heavy (non-hydrogen) atoms. The summed E-state index contributed by atoms with van der Waals surface area (Å²) in [5.41, 5.74) is 1.85. The van der Waals surface area contributed by atoms with E-state index < -0.39 is 5.60 Å². The summed E-state index contributed by atoms with van der Waals surface area (Å²) in [6.07, 6.45) is 3.89. The summed E-state index contributed by atoms with van der Waals surface area (Å²) < 4.78 is 19.3. The molecule has 2 fully saturated rings. The minimum absolute atomic E-state index is 0.0374. The molecule has 2 aromatic rings. The van der Waals surface area contributed by atoms with Gasteiger partial charge in [-0.25, -0.2) is 9.18 Å². The fourth-order valence-corrected chi connectivity index (χ4v) is 4.95. The first-order chi connectivity index (χ1) is 13.9. The predicted molar refractivity (Wildman–Crippen MR) is 109 cm³/mol. The van der Waals surface area contributed by atoms with E-state index in [1.54, 1.807) is 6.07 Å². The number of aliphatic hydroxyl groups is 1. The van der Waals surface area contributed by atoms with Crippen LogP contribution in [0.2, 0.25) is 0 Å². The minimum atomic E-state index is -0.926. The Balaban J connectivity index is 1.45. The second kappa shape index (κ2) is 8.15. The van der Waals surface area contributed by atoms with Gasteiger partial charge in [0.1, 0.15) is 12.4 Å². The van der Waals surface area contributed by atoms with Gasteiger partial charge in [0, 0.05) is 18.5 Å². The fourth-order valence-electron chi connectivity index (χ4n) is 4.95. The highest BCUT2D eigenvalue weighted by Gasteiger charge is 2.48. The molecule has 2 unspecified atom stereocenters. The van der Waals surface area contributed by atoms with Gasteiger partial charge < -0.3 is 14.7 Å². The number of benzene rings is 2. The monoisotopic (exact) mass is 397 g/mol. The molecule has 0 aromatic heterocycles. The third kappa shape index (κ3) is 4.45. The molecule has 0 radical (unpaired) electrons. The third-order valence-corrected chi connectivity index (χ3v) is 6.34. The van der Waals surface area contributed by atoms with E-state index in [9.17, 15) is 14.3 Å². The van der Waals surface area contributed by atoms with E-state index >= 15 is 0 Å². The lowest BCUT2D eigenvalue weighted by atomic mass is 9.73. The number of carbonyl (C=O) groups is 1. The quantitative estimate of drug-likeness (QED) is 0.809. The Labute approximate surface area is 171 Å². The highest BCUT2D eigenvalue weighted by atomic mass is 19.1. The standard InChI is InChI=1S/C24H28FNO3/c1-17-10-11-20(25)12-19(17)13-24(28)14-21-8-5-9-22(15-24)26(21)23(27)29-16-18-6-3-2-4-7-18/h2-4,6-7,10-12,21-22,28H,5,8-9,13-16H2,1H3. The molecule has 2 heterocycles. The van der Waals surface area contributed by atoms with E-state index in [0.717, 1.165) is 36.0 Å². The zero-order valence-electron chi connectivity index (χ0n) is 16.8. The lowest BCUT2D eigenvalue weighted by molar-refractivity contribution is -0.0846. The molecular formula is C24H28FNO3. The molecule has 4 nitrogen and oxygen atoms in total. The Morgan fingerprint density at radius 2 is 1.86 bits per heavy atom. The van der Waals surface area contributed by atoms with Crippen molar-refractivity contribution in [1.82, 2.24) is 4.90 Å². The molecule has 0 spiro atoms. The molecule has 0 aliphatic carbocycles. The van der Waals surface area contributed by atoms with Crippen LogP contribution in [0.5, 0.6) is 0 Å². The lowest BCUT2D eigenvalue weighted by Crippen LogP contribution is -2.60. The summed E-state index contributed by atoms with van der Waals surface area (Å²) in [5.74, 6) is -0.281. The summed E-state index contributed by atoms with van der Waals surface area (Å²) in [6.45, 7) is 2.19. The number of piperidine rings is 2. The average molecular weight is 397 g/mol. The summed E-state index contributed by atoms with van der Waals surface area (Å²) in [6, 6.07) is 14.3. The average Bonchev–Trinajstić information content (AvgIpc) is 2.69. The summed E-state index contributed by atoms with van der Waals surface area (Å²) in [7, 11) is 0. The van der Waals surface area contributed by atoms with E-state index in [1.807, 2.05) is 42.2 Å². The summed E-state index contributed by atoms with van der Waals surface area (Å²) in [4.78, 5) is 14.7. The first kappa shape index (κ1) is 19.9. The number of carbonyl (C=O) groups excluding carboxylic acids is 1. The van der Waals surface area contributed by atoms with Crippen molar-refractivity contribution in [2.75, 3.05) is 0 Å². The Kier molecular flexibility index (Phi) is 5.59. The Morgan fingerprint density at radius 3 is 2.55 bits per heavy atom. The van der Waals surface area contributed by atoms with Crippen molar-refractivity contribution in [1.29, 1.82) is 0 Å². The molecular weight excluding hydrogens is 369 g/mol. The van der Waals surface area contributed by atoms with Crippen LogP contribution in [0.15, 0.2) is 48.5 Å². The maximum Gasteiger partial charge on any atom is 0.410 e. The van der Waals surface area contributed by atoms with Crippen LogP contribution in [-0.2, 0) is 17.8 Å². The Bertz CT molecular complexity index is 856. The third-order valence-electron chi connectivity index (χ3n) is 6.34. The first-order valence-electron chi connectivity index (χ1n) is 10.4. The van der Waals surface area contributed by atoms with Gasteiger partial charge in [-0.05, 0) is 67.9 Å². The van der Waals surface area contributed by atoms with E-state index in [4.69, 9.17) is 4.74 Å². The van der Waals surface area contributed by atoms with Crippen molar-refractivity contribution < 1.29 is 19.0 Å². The van der Waals surface area contributed by atoms with Crippen LogP contribution in [0.4, 0.5) is 9.18 Å². The lowest BCUT2D eigenvalue weighted by Gasteiger charge is -2.51. The highest BCUT2D eigenvalue weighted by molar-refractivity contribution is 5.69. The molecule has 1 N–H and O–H groups in total. The molecule has 5 heteroatoms. The SMILES string of the molecule is Cc1ccc(F)cc1CC1(O)CC2CCCC(C1)N2C(=O)OCc1ccccc1. The maximum absolute atomic E-state index is 13.7. The molecule has 154 valence electrons. The maximum atomic E-state index is 13.7. The fraction of sp³-hybridized carbons (Fsp3) is 0.458. The van der Waals surface area contributed by atoms with Crippen molar-refractivity contribution in [2.24, 2.45) is 0 Å². The molecule has 2 aliphatic heterocycles. The second-order valence-corrected chi connectivity index (χ2v) is 8.57. The minimum Gasteiger partial charge on any atom is -0.445 e. The topological polar surface area (TPSA) is 49.8 Å². The van der Waals surface area contributed by atoms with Crippen molar-refractivity contribution >= 4 is 6.09 Å². The zero-order chi connectivity index (χ0) is 20.4. The van der Waals surface area contributed by atoms with E-state index in [0.29, 0.717) is 19.3 Å². The molecule has 2 atom stereocenters. The van der Waals surface area contributed by atoms with Gasteiger partial charge in [-0.15, -0.1) is 0 Å². The number of hydrogen-bond acceptors (Lipinski definition) is 3. The molecule has 2 saturated heterocycles. The molecule has 0 saturated carbocycles. The second-order valence-electron chi connectivity index (χ2n) is 8.57. The summed E-state index contributed by atoms with van der Waals surface area (Å²) in [5, 5.41) is 11.4. The van der Waals surface area contributed by atoms with E-state index in [-0.39, 0.29) is 30.6 Å². The summed E-state index contributed by atoms with van der Waals surface area (Å²) >= 11 is 0. The predicted octanol–water partition coefficient (Wildman–Crippen LogP) is 4.76. The number of hydrogen-bond donors (Lipinski definition) is 1. The van der Waals surface area contributed by atoms with Crippen molar-refractivity contribution in [3.05, 3.63) is 71.0 Å². The van der Waals surface area contributed by atoms with Crippen LogP contribution in [-0.4, -0.2) is 33.8 Å². The van der Waals surface area contributed by atoms with E-state index in [2.05, 4.69) is 0 Å². The number of rotatable bonds is 4. The normalized spacial score (nSPS) is 26.2. The van der Waals surface area contributed by atoms with Crippen LogP contribution in [0, 0.1) is 12.7 Å². The number of nitrogens with zero attached hydrogens (tertiary/aromatic N) is 1. The largest absolute Gasteiger partial charge is 0.445 e. The van der Waals surface area contributed by atoms with Gasteiger partial charge in [0.25, 0.3) is 0 Å². The van der Waals surface area contributed by atoms with Gasteiger partial charge in [-0.3, -0.25) is 0 Å². The van der Waals surface area contributed by atoms with Gasteiger partial charge in [0.2, 0.25) is 0 Å². The van der Waals surface area contributed by atoms with Crippen molar-refractivity contribution in [2.45, 2.75) is 69.7 Å². The van der Waals surface area contributed by atoms with Gasteiger partial charge >= 0.3 is 6.09 Å². The molecule has 2 aliphatic rings. The van der Waals surface area contributed by atoms with Crippen LogP contribution in [0.3, 0.4) is 0 Å². The number of amides is 1. The van der Waals surface area contributed by atoms with Crippen LogP contribution < -0.4 is 0 Å². The molecule has 2 aromatic carbocycles. The Hall–Kier alpha value is -2.40. The smallest absolute Gasteiger partial charge is 0.410 e. The van der Waals surface area contributed by atoms with Gasteiger partial charge in [-0.2, -0.15) is 0 Å². The van der Waals surface area contributed by atoms with Gasteiger partial charge in [0.05, 0.1) is 5.60 Å². The van der Waals surface area contributed by atoms with Crippen LogP contribution in [0.25, 0.3) is 0 Å². The first-order valence-corrected chi connectivity index (χ1v) is 10.4.